The first-order chi connectivity index (χ1) is 4.63. The Hall–Kier alpha value is -1.23. The van der Waals surface area contributed by atoms with Gasteiger partial charge in [-0.15, -0.1) is 0 Å². The summed E-state index contributed by atoms with van der Waals surface area (Å²) in [7, 11) is 0. The summed E-state index contributed by atoms with van der Waals surface area (Å²) in [5.41, 5.74) is 4.69. The van der Waals surface area contributed by atoms with Gasteiger partial charge in [0, 0.05) is 0 Å². The Morgan fingerprint density at radius 1 is 1.80 bits per heavy atom. The van der Waals surface area contributed by atoms with Crippen LogP contribution in [0.25, 0.3) is 0 Å². The Kier molecular flexibility index (Phi) is 1.50. The second-order valence-electron chi connectivity index (χ2n) is 1.51. The van der Waals surface area contributed by atoms with E-state index in [-0.39, 0.29) is 16.6 Å². The number of nitrogens with two attached hydrogens (primary N) is 1. The molecule has 0 aliphatic carbocycles. The minimum Gasteiger partial charge on any atom is -0.476 e. The number of nitrogen functional groups attached to an aromatic ring is 1. The van der Waals surface area contributed by atoms with Crippen molar-refractivity contribution in [3.63, 3.8) is 0 Å². The fraction of sp³-hybridized carbons (Fsp3) is 0. The van der Waals surface area contributed by atoms with Gasteiger partial charge >= 0.3 is 5.97 Å². The standard InChI is InChI=1S/C4H3ClN2O3/c5-1-2(4(8)9)7-10-3(1)6/h6H2,(H,8,9). The summed E-state index contributed by atoms with van der Waals surface area (Å²) in [6, 6.07) is 0. The van der Waals surface area contributed by atoms with Crippen LogP contribution in [0.3, 0.4) is 0 Å². The molecule has 0 saturated heterocycles. The maximum atomic E-state index is 10.2. The van der Waals surface area contributed by atoms with Crippen LogP contribution in [0.1, 0.15) is 10.5 Å². The van der Waals surface area contributed by atoms with Crippen molar-refractivity contribution in [1.29, 1.82) is 0 Å². The number of carboxylic acids is 1. The van der Waals surface area contributed by atoms with Crippen LogP contribution in [-0.4, -0.2) is 16.2 Å². The Labute approximate surface area is 60.4 Å². The zero-order valence-corrected chi connectivity index (χ0v) is 5.42. The third-order valence-corrected chi connectivity index (χ3v) is 1.23. The second-order valence-corrected chi connectivity index (χ2v) is 1.89. The first kappa shape index (κ1) is 6.88. The van der Waals surface area contributed by atoms with Gasteiger partial charge in [0.05, 0.1) is 0 Å². The highest BCUT2D eigenvalue weighted by molar-refractivity contribution is 6.35. The number of rotatable bonds is 1. The third-order valence-electron chi connectivity index (χ3n) is 0.862. The van der Waals surface area contributed by atoms with Gasteiger partial charge in [-0.2, -0.15) is 0 Å². The average molecular weight is 163 g/mol. The lowest BCUT2D eigenvalue weighted by atomic mass is 10.4. The number of carbonyl (C=O) groups is 1. The van der Waals surface area contributed by atoms with Crippen molar-refractivity contribution in [2.45, 2.75) is 0 Å². The van der Waals surface area contributed by atoms with E-state index >= 15 is 0 Å². The molecule has 0 aliphatic rings. The molecule has 1 aromatic heterocycles. The number of halogens is 1. The second kappa shape index (κ2) is 2.18. The van der Waals surface area contributed by atoms with Crippen LogP contribution >= 0.6 is 11.6 Å². The van der Waals surface area contributed by atoms with E-state index in [1.807, 2.05) is 0 Å². The van der Waals surface area contributed by atoms with Gasteiger partial charge in [0.25, 0.3) is 0 Å². The molecule has 0 fully saturated rings. The summed E-state index contributed by atoms with van der Waals surface area (Å²) in [5, 5.41) is 11.2. The Morgan fingerprint density at radius 3 is 2.60 bits per heavy atom. The van der Waals surface area contributed by atoms with Crippen molar-refractivity contribution in [3.05, 3.63) is 10.7 Å². The first-order valence-corrected chi connectivity index (χ1v) is 2.64. The first-order valence-electron chi connectivity index (χ1n) is 2.27. The van der Waals surface area contributed by atoms with Gasteiger partial charge in [-0.05, 0) is 0 Å². The summed E-state index contributed by atoms with van der Waals surface area (Å²) in [5.74, 6) is -1.44. The Balaban J connectivity index is 3.17. The maximum Gasteiger partial charge on any atom is 0.359 e. The predicted octanol–water partition coefficient (Wildman–Crippen LogP) is 0.608. The van der Waals surface area contributed by atoms with Crippen LogP contribution in [0.15, 0.2) is 4.52 Å². The summed E-state index contributed by atoms with van der Waals surface area (Å²) < 4.78 is 4.27. The molecule has 10 heavy (non-hydrogen) atoms. The van der Waals surface area contributed by atoms with Gasteiger partial charge in [0.2, 0.25) is 11.6 Å². The molecular weight excluding hydrogens is 160 g/mol. The summed E-state index contributed by atoms with van der Waals surface area (Å²) in [6.45, 7) is 0. The van der Waals surface area contributed by atoms with Gasteiger partial charge in [-0.25, -0.2) is 4.79 Å². The van der Waals surface area contributed by atoms with Crippen molar-refractivity contribution in [3.8, 4) is 0 Å². The molecule has 0 atom stereocenters. The van der Waals surface area contributed by atoms with E-state index in [2.05, 4.69) is 9.68 Å². The molecular formula is C4H3ClN2O3. The largest absolute Gasteiger partial charge is 0.476 e. The molecule has 0 aliphatic heterocycles. The van der Waals surface area contributed by atoms with E-state index in [0.717, 1.165) is 0 Å². The minimum absolute atomic E-state index is 0.160. The number of nitrogens with zero attached hydrogens (tertiary/aromatic N) is 1. The van der Waals surface area contributed by atoms with Crippen molar-refractivity contribution >= 4 is 23.5 Å². The van der Waals surface area contributed by atoms with E-state index in [1.165, 1.54) is 0 Å². The van der Waals surface area contributed by atoms with E-state index in [9.17, 15) is 4.79 Å². The molecule has 3 N–H and O–H groups in total. The maximum absolute atomic E-state index is 10.2. The van der Waals surface area contributed by atoms with Gasteiger partial charge in [-0.3, -0.25) is 0 Å². The number of anilines is 1. The molecule has 0 aromatic carbocycles. The smallest absolute Gasteiger partial charge is 0.359 e. The third kappa shape index (κ3) is 0.906. The number of aromatic nitrogens is 1. The highest BCUT2D eigenvalue weighted by atomic mass is 35.5. The summed E-state index contributed by atoms with van der Waals surface area (Å²) in [4.78, 5) is 10.2. The zero-order chi connectivity index (χ0) is 7.72. The highest BCUT2D eigenvalue weighted by Crippen LogP contribution is 2.21. The topological polar surface area (TPSA) is 89.4 Å². The molecule has 5 nitrogen and oxygen atoms in total. The minimum atomic E-state index is -1.26. The lowest BCUT2D eigenvalue weighted by molar-refractivity contribution is 0.0686. The van der Waals surface area contributed by atoms with E-state index in [1.54, 1.807) is 0 Å². The van der Waals surface area contributed by atoms with E-state index in [4.69, 9.17) is 22.4 Å². The van der Waals surface area contributed by atoms with Crippen LogP contribution in [0.5, 0.6) is 0 Å². The van der Waals surface area contributed by atoms with Crippen LogP contribution < -0.4 is 5.73 Å². The Morgan fingerprint density at radius 2 is 2.40 bits per heavy atom. The Bertz CT molecular complexity index is 269. The van der Waals surface area contributed by atoms with Gasteiger partial charge in [0.15, 0.2) is 0 Å². The number of carboxylic acid groups (broad SMARTS) is 1. The molecule has 6 heteroatoms. The molecule has 0 radical (unpaired) electrons. The molecule has 1 aromatic rings. The zero-order valence-electron chi connectivity index (χ0n) is 4.67. The monoisotopic (exact) mass is 162 g/mol. The number of hydrogen-bond acceptors (Lipinski definition) is 4. The van der Waals surface area contributed by atoms with Gasteiger partial charge in [0.1, 0.15) is 5.02 Å². The molecule has 1 heterocycles. The fourth-order valence-corrected chi connectivity index (χ4v) is 0.574. The molecule has 0 bridgehead atoms. The van der Waals surface area contributed by atoms with Gasteiger partial charge in [-0.1, -0.05) is 16.8 Å². The molecule has 0 amide bonds. The normalized spacial score (nSPS) is 9.70. The quantitative estimate of drug-likeness (QED) is 0.632. The van der Waals surface area contributed by atoms with Crippen LogP contribution in [0.2, 0.25) is 5.02 Å². The van der Waals surface area contributed by atoms with Crippen LogP contribution in [-0.2, 0) is 0 Å². The number of hydrogen-bond donors (Lipinski definition) is 2. The van der Waals surface area contributed by atoms with E-state index < -0.39 is 5.97 Å². The molecule has 0 unspecified atom stereocenters. The summed E-state index contributed by atoms with van der Waals surface area (Å²) in [6.07, 6.45) is 0. The molecule has 0 spiro atoms. The average Bonchev–Trinajstić information content (AvgIpc) is 2.14. The molecule has 1 rings (SSSR count). The van der Waals surface area contributed by atoms with Crippen LogP contribution in [0.4, 0.5) is 5.88 Å². The van der Waals surface area contributed by atoms with Crippen molar-refractivity contribution in [1.82, 2.24) is 5.16 Å². The fourth-order valence-electron chi connectivity index (χ4n) is 0.425. The van der Waals surface area contributed by atoms with Crippen molar-refractivity contribution < 1.29 is 14.4 Å². The predicted molar refractivity (Wildman–Crippen MR) is 32.9 cm³/mol. The van der Waals surface area contributed by atoms with Crippen molar-refractivity contribution in [2.75, 3.05) is 5.73 Å². The lowest BCUT2D eigenvalue weighted by Crippen LogP contribution is -1.96. The van der Waals surface area contributed by atoms with E-state index in [0.29, 0.717) is 0 Å². The molecule has 0 saturated carbocycles. The highest BCUT2D eigenvalue weighted by Gasteiger charge is 2.16. The SMILES string of the molecule is Nc1onc(C(=O)O)c1Cl. The number of aromatic carboxylic acids is 1. The van der Waals surface area contributed by atoms with Gasteiger partial charge < -0.3 is 15.4 Å². The van der Waals surface area contributed by atoms with Crippen molar-refractivity contribution in [2.24, 2.45) is 0 Å². The molecule has 54 valence electrons. The lowest BCUT2D eigenvalue weighted by Gasteiger charge is -1.82. The van der Waals surface area contributed by atoms with Crippen LogP contribution in [0, 0.1) is 0 Å². The summed E-state index contributed by atoms with van der Waals surface area (Å²) >= 11 is 5.34.